The summed E-state index contributed by atoms with van der Waals surface area (Å²) in [4.78, 5) is 26.8. The molecule has 1 amide bonds. The van der Waals surface area contributed by atoms with Gasteiger partial charge in [-0.1, -0.05) is 0 Å². The van der Waals surface area contributed by atoms with Crippen molar-refractivity contribution in [2.75, 3.05) is 26.2 Å². The van der Waals surface area contributed by atoms with Crippen molar-refractivity contribution in [3.8, 4) is 0 Å². The number of oxazole rings is 1. The minimum absolute atomic E-state index is 0.0613. The van der Waals surface area contributed by atoms with Crippen LogP contribution in [0.25, 0.3) is 11.1 Å². The van der Waals surface area contributed by atoms with Gasteiger partial charge in [0.15, 0.2) is 5.58 Å². The normalized spacial score (nSPS) is 16.9. The Kier molecular flexibility index (Phi) is 3.77. The fraction of sp³-hybridized carbons (Fsp3) is 0.429. The molecule has 0 radical (unpaired) electrons. The molecule has 1 aliphatic heterocycles. The smallest absolute Gasteiger partial charge is 0.408 e. The van der Waals surface area contributed by atoms with Gasteiger partial charge in [-0.25, -0.2) is 13.2 Å². The highest BCUT2D eigenvalue weighted by molar-refractivity contribution is 7.89. The van der Waals surface area contributed by atoms with E-state index >= 15 is 0 Å². The highest BCUT2D eigenvalue weighted by atomic mass is 32.2. The summed E-state index contributed by atoms with van der Waals surface area (Å²) in [6.45, 7) is 4.37. The maximum atomic E-state index is 12.8. The molecular weight excluding hydrogens is 322 g/mol. The Balaban J connectivity index is 1.95. The van der Waals surface area contributed by atoms with Gasteiger partial charge in [0.2, 0.25) is 15.9 Å². The van der Waals surface area contributed by atoms with Crippen LogP contribution >= 0.6 is 0 Å². The zero-order valence-corrected chi connectivity index (χ0v) is 13.6. The quantitative estimate of drug-likeness (QED) is 0.846. The fourth-order valence-electron chi connectivity index (χ4n) is 2.75. The first-order chi connectivity index (χ1) is 10.8. The molecule has 8 nitrogen and oxygen atoms in total. The molecule has 2 heterocycles. The molecule has 1 N–H and O–H groups in total. The minimum Gasteiger partial charge on any atom is -0.408 e. The lowest BCUT2D eigenvalue weighted by Gasteiger charge is -2.33. The molecule has 9 heteroatoms. The number of carbonyl (C=O) groups is 1. The molecule has 2 aromatic rings. The van der Waals surface area contributed by atoms with Crippen LogP contribution in [-0.2, 0) is 14.8 Å². The summed E-state index contributed by atoms with van der Waals surface area (Å²) in [5.74, 6) is -0.683. The summed E-state index contributed by atoms with van der Waals surface area (Å²) in [5.41, 5.74) is 1.21. The van der Waals surface area contributed by atoms with Crippen LogP contribution in [0.15, 0.2) is 26.2 Å². The molecule has 0 aliphatic carbocycles. The Hall–Kier alpha value is -2.13. The fourth-order valence-corrected chi connectivity index (χ4v) is 4.39. The van der Waals surface area contributed by atoms with Crippen molar-refractivity contribution in [3.63, 3.8) is 0 Å². The van der Waals surface area contributed by atoms with Crippen LogP contribution in [0.1, 0.15) is 12.5 Å². The van der Waals surface area contributed by atoms with E-state index in [-0.39, 0.29) is 29.5 Å². The van der Waals surface area contributed by atoms with Crippen molar-refractivity contribution in [3.05, 3.63) is 28.2 Å². The molecular formula is C14H17N3O5S. The lowest BCUT2D eigenvalue weighted by Crippen LogP contribution is -2.50. The third-order valence-corrected chi connectivity index (χ3v) is 6.06. The first-order valence-corrected chi connectivity index (χ1v) is 8.62. The molecule has 0 saturated carbocycles. The molecule has 0 bridgehead atoms. The molecule has 1 aromatic heterocycles. The van der Waals surface area contributed by atoms with Gasteiger partial charge in [-0.3, -0.25) is 9.78 Å². The van der Waals surface area contributed by atoms with Crippen LogP contribution < -0.4 is 5.76 Å². The largest absolute Gasteiger partial charge is 0.417 e. The number of hydrogen-bond donors (Lipinski definition) is 1. The van der Waals surface area contributed by atoms with E-state index in [1.807, 2.05) is 0 Å². The molecule has 124 valence electrons. The Labute approximate surface area is 132 Å². The number of aromatic amines is 1. The van der Waals surface area contributed by atoms with Gasteiger partial charge in [-0.2, -0.15) is 4.31 Å². The average molecular weight is 339 g/mol. The third kappa shape index (κ3) is 2.77. The number of H-pyrrole nitrogens is 1. The van der Waals surface area contributed by atoms with E-state index in [2.05, 4.69) is 4.98 Å². The van der Waals surface area contributed by atoms with Crippen molar-refractivity contribution < 1.29 is 17.6 Å². The van der Waals surface area contributed by atoms with Gasteiger partial charge >= 0.3 is 5.76 Å². The summed E-state index contributed by atoms with van der Waals surface area (Å²) in [5, 5.41) is 0. The van der Waals surface area contributed by atoms with Crippen LogP contribution in [0, 0.1) is 6.92 Å². The van der Waals surface area contributed by atoms with Gasteiger partial charge < -0.3 is 9.32 Å². The Morgan fingerprint density at radius 2 is 1.87 bits per heavy atom. The summed E-state index contributed by atoms with van der Waals surface area (Å²) in [6.07, 6.45) is 0. The van der Waals surface area contributed by atoms with Gasteiger partial charge in [0, 0.05) is 39.2 Å². The van der Waals surface area contributed by atoms with Crippen molar-refractivity contribution in [1.82, 2.24) is 14.2 Å². The van der Waals surface area contributed by atoms with Crippen LogP contribution in [0.5, 0.6) is 0 Å². The van der Waals surface area contributed by atoms with E-state index in [1.165, 1.54) is 17.3 Å². The van der Waals surface area contributed by atoms with E-state index in [9.17, 15) is 18.0 Å². The molecule has 0 spiro atoms. The highest BCUT2D eigenvalue weighted by Gasteiger charge is 2.30. The second-order valence-electron chi connectivity index (χ2n) is 5.54. The zero-order chi connectivity index (χ0) is 16.8. The predicted octanol–water partition coefficient (Wildman–Crippen LogP) is 0.282. The minimum atomic E-state index is -3.70. The second-order valence-corrected chi connectivity index (χ2v) is 7.44. The van der Waals surface area contributed by atoms with Crippen LogP contribution in [-0.4, -0.2) is 54.7 Å². The van der Waals surface area contributed by atoms with Crippen LogP contribution in [0.2, 0.25) is 0 Å². The van der Waals surface area contributed by atoms with E-state index in [4.69, 9.17) is 4.42 Å². The topological polar surface area (TPSA) is 104 Å². The number of aryl methyl sites for hydroxylation is 1. The van der Waals surface area contributed by atoms with Gasteiger partial charge in [0.05, 0.1) is 10.4 Å². The molecule has 0 atom stereocenters. The number of fused-ring (bicyclic) bond motifs is 1. The van der Waals surface area contributed by atoms with E-state index < -0.39 is 15.8 Å². The number of nitrogens with one attached hydrogen (secondary N) is 1. The first-order valence-electron chi connectivity index (χ1n) is 7.18. The van der Waals surface area contributed by atoms with Crippen molar-refractivity contribution in [2.24, 2.45) is 0 Å². The number of carbonyl (C=O) groups excluding carboxylic acids is 1. The van der Waals surface area contributed by atoms with E-state index in [0.717, 1.165) is 0 Å². The summed E-state index contributed by atoms with van der Waals surface area (Å²) < 4.78 is 32.0. The molecule has 0 unspecified atom stereocenters. The first kappa shape index (κ1) is 15.8. The number of hydrogen-bond acceptors (Lipinski definition) is 5. The lowest BCUT2D eigenvalue weighted by atomic mass is 10.2. The second kappa shape index (κ2) is 5.50. The number of sulfonamides is 1. The van der Waals surface area contributed by atoms with Crippen LogP contribution in [0.3, 0.4) is 0 Å². The Morgan fingerprint density at radius 1 is 1.22 bits per heavy atom. The maximum absolute atomic E-state index is 12.8. The third-order valence-electron chi connectivity index (χ3n) is 4.02. The number of rotatable bonds is 2. The monoisotopic (exact) mass is 339 g/mol. The molecule has 1 aromatic carbocycles. The molecule has 1 saturated heterocycles. The SMILES string of the molecule is CC(=O)N1CCN(S(=O)(=O)c2cc3oc(=O)[nH]c3cc2C)CC1. The summed E-state index contributed by atoms with van der Waals surface area (Å²) >= 11 is 0. The van der Waals surface area contributed by atoms with Gasteiger partial charge in [-0.05, 0) is 18.6 Å². The van der Waals surface area contributed by atoms with E-state index in [1.54, 1.807) is 17.9 Å². The molecule has 3 rings (SSSR count). The number of piperazine rings is 1. The summed E-state index contributed by atoms with van der Waals surface area (Å²) in [7, 11) is -3.70. The summed E-state index contributed by atoms with van der Waals surface area (Å²) in [6, 6.07) is 2.95. The number of aromatic nitrogens is 1. The zero-order valence-electron chi connectivity index (χ0n) is 12.8. The molecule has 1 fully saturated rings. The van der Waals surface area contributed by atoms with Gasteiger partial charge in [0.25, 0.3) is 0 Å². The Bertz CT molecular complexity index is 920. The maximum Gasteiger partial charge on any atom is 0.417 e. The van der Waals surface area contributed by atoms with Gasteiger partial charge in [-0.15, -0.1) is 0 Å². The number of benzene rings is 1. The van der Waals surface area contributed by atoms with Crippen molar-refractivity contribution in [2.45, 2.75) is 18.7 Å². The molecule has 1 aliphatic rings. The number of nitrogens with zero attached hydrogens (tertiary/aromatic N) is 2. The van der Waals surface area contributed by atoms with Crippen molar-refractivity contribution in [1.29, 1.82) is 0 Å². The lowest BCUT2D eigenvalue weighted by molar-refractivity contribution is -0.129. The highest BCUT2D eigenvalue weighted by Crippen LogP contribution is 2.25. The van der Waals surface area contributed by atoms with Crippen LogP contribution in [0.4, 0.5) is 0 Å². The Morgan fingerprint density at radius 3 is 2.48 bits per heavy atom. The van der Waals surface area contributed by atoms with E-state index in [0.29, 0.717) is 24.2 Å². The van der Waals surface area contributed by atoms with Crippen molar-refractivity contribution >= 4 is 27.0 Å². The predicted molar refractivity (Wildman–Crippen MR) is 82.6 cm³/mol. The van der Waals surface area contributed by atoms with Gasteiger partial charge in [0.1, 0.15) is 0 Å². The molecule has 23 heavy (non-hydrogen) atoms. The standard InChI is InChI=1S/C14H17N3O5S/c1-9-7-11-12(22-14(19)15-11)8-13(9)23(20,21)17-5-3-16(4-6-17)10(2)18/h7-8H,3-6H2,1-2H3,(H,15,19). The average Bonchev–Trinajstić information content (AvgIpc) is 2.85. The number of amides is 1.